The van der Waals surface area contributed by atoms with E-state index in [-0.39, 0.29) is 17.5 Å². The molecule has 0 radical (unpaired) electrons. The molecule has 5 fully saturated rings. The van der Waals surface area contributed by atoms with Crippen molar-refractivity contribution in [3.63, 3.8) is 0 Å². The van der Waals surface area contributed by atoms with E-state index in [1.54, 1.807) is 0 Å². The maximum atomic E-state index is 13.1. The highest BCUT2D eigenvalue weighted by Gasteiger charge is 2.70. The maximum Gasteiger partial charge on any atom is 0.306 e. The van der Waals surface area contributed by atoms with Gasteiger partial charge in [0.2, 0.25) is 0 Å². The van der Waals surface area contributed by atoms with Crippen molar-refractivity contribution in [3.8, 4) is 0 Å². The molecule has 5 saturated carbocycles. The second kappa shape index (κ2) is 9.99. The molecular formula is C39H58O2. The number of benzene rings is 1. The van der Waals surface area contributed by atoms with E-state index < -0.39 is 0 Å². The van der Waals surface area contributed by atoms with Crippen molar-refractivity contribution in [2.75, 3.05) is 0 Å². The van der Waals surface area contributed by atoms with Crippen molar-refractivity contribution in [2.45, 2.75) is 132 Å². The van der Waals surface area contributed by atoms with Gasteiger partial charge in [-0.2, -0.15) is 0 Å². The van der Waals surface area contributed by atoms with E-state index >= 15 is 0 Å². The number of aryl methyl sites for hydroxylation is 1. The first-order valence-electron chi connectivity index (χ1n) is 17.2. The molecule has 41 heavy (non-hydrogen) atoms. The molecule has 2 heteroatoms. The zero-order valence-electron chi connectivity index (χ0n) is 27.4. The maximum absolute atomic E-state index is 13.1. The SMILES string of the molecule is C=C(C)[C@@H]1CC[C@]2(C)CC[C@]3(C)[C@@H](CC[C@@H]4[C@@]5(C)CC[C@H](OC(=O)CCc6ccccc6)C(C)(C)[C@@H]5CC[C@]43C)[C@H]12. The quantitative estimate of drug-likeness (QED) is 0.265. The van der Waals surface area contributed by atoms with Gasteiger partial charge in [0.05, 0.1) is 0 Å². The highest BCUT2D eigenvalue weighted by molar-refractivity contribution is 5.70. The van der Waals surface area contributed by atoms with E-state index in [2.05, 4.69) is 79.3 Å². The Hall–Kier alpha value is -1.57. The average molecular weight is 559 g/mol. The summed E-state index contributed by atoms with van der Waals surface area (Å²) in [5.41, 5.74) is 4.31. The summed E-state index contributed by atoms with van der Waals surface area (Å²) in [5.74, 6) is 3.74. The topological polar surface area (TPSA) is 26.3 Å². The fraction of sp³-hybridized carbons (Fsp3) is 0.769. The number of rotatable bonds is 5. The highest BCUT2D eigenvalue weighted by atomic mass is 16.5. The summed E-state index contributed by atoms with van der Waals surface area (Å²) in [6.07, 6.45) is 14.5. The molecule has 5 aliphatic rings. The first-order valence-corrected chi connectivity index (χ1v) is 17.2. The van der Waals surface area contributed by atoms with Crippen molar-refractivity contribution in [3.05, 3.63) is 48.0 Å². The molecule has 1 aromatic carbocycles. The fourth-order valence-corrected chi connectivity index (χ4v) is 12.8. The van der Waals surface area contributed by atoms with Gasteiger partial charge in [0.1, 0.15) is 6.10 Å². The van der Waals surface area contributed by atoms with Gasteiger partial charge in [-0.3, -0.25) is 4.79 Å². The Morgan fingerprint density at radius 3 is 2.27 bits per heavy atom. The van der Waals surface area contributed by atoms with Gasteiger partial charge in [0.25, 0.3) is 0 Å². The van der Waals surface area contributed by atoms with Crippen LogP contribution in [0.4, 0.5) is 0 Å². The van der Waals surface area contributed by atoms with Crippen LogP contribution in [0, 0.1) is 56.7 Å². The first-order chi connectivity index (χ1) is 19.3. The molecule has 0 aromatic heterocycles. The standard InChI is InChI=1S/C39H58O2/c1-26(2)28-18-21-36(5)24-25-38(7)29(34(28)36)15-16-31-37(6)22-20-32(35(3,4)30(37)19-23-39(31,38)8)41-33(40)17-14-27-12-10-9-11-13-27/h9-13,28-32,34H,1,14-25H2,2-8H3/t28-,29-,30-,31+,32-,34-,36+,37-,38+,39+/m0/s1. The zero-order chi connectivity index (χ0) is 29.4. The van der Waals surface area contributed by atoms with E-state index in [1.165, 1.54) is 68.9 Å². The van der Waals surface area contributed by atoms with Crippen molar-refractivity contribution in [1.82, 2.24) is 0 Å². The molecule has 0 aliphatic heterocycles. The van der Waals surface area contributed by atoms with Crippen LogP contribution < -0.4 is 0 Å². The third-order valence-corrected chi connectivity index (χ3v) is 15.2. The molecule has 0 amide bonds. The van der Waals surface area contributed by atoms with Crippen molar-refractivity contribution in [1.29, 1.82) is 0 Å². The molecule has 0 N–H and O–H groups in total. The van der Waals surface area contributed by atoms with Crippen LogP contribution in [0.25, 0.3) is 0 Å². The van der Waals surface area contributed by atoms with Gasteiger partial charge in [-0.15, -0.1) is 0 Å². The van der Waals surface area contributed by atoms with Gasteiger partial charge in [-0.1, -0.05) is 84.0 Å². The predicted molar refractivity (Wildman–Crippen MR) is 169 cm³/mol. The van der Waals surface area contributed by atoms with Crippen LogP contribution in [-0.2, 0) is 16.0 Å². The van der Waals surface area contributed by atoms with Crippen LogP contribution >= 0.6 is 0 Å². The molecule has 1 aromatic rings. The largest absolute Gasteiger partial charge is 0.462 e. The number of ether oxygens (including phenoxy) is 1. The van der Waals surface area contributed by atoms with E-state index in [0.717, 1.165) is 36.5 Å². The van der Waals surface area contributed by atoms with Crippen molar-refractivity contribution >= 4 is 5.97 Å². The van der Waals surface area contributed by atoms with Crippen LogP contribution in [0.1, 0.15) is 125 Å². The molecule has 0 unspecified atom stereocenters. The Balaban J connectivity index is 1.21. The molecule has 0 spiro atoms. The van der Waals surface area contributed by atoms with E-state index in [0.29, 0.717) is 34.0 Å². The summed E-state index contributed by atoms with van der Waals surface area (Å²) in [7, 11) is 0. The summed E-state index contributed by atoms with van der Waals surface area (Å²) >= 11 is 0. The predicted octanol–water partition coefficient (Wildman–Crippen LogP) is 10.2. The minimum Gasteiger partial charge on any atom is -0.462 e. The lowest BCUT2D eigenvalue weighted by molar-refractivity contribution is -0.249. The van der Waals surface area contributed by atoms with Gasteiger partial charge in [0.15, 0.2) is 0 Å². The number of fused-ring (bicyclic) bond motifs is 7. The molecule has 0 heterocycles. The Morgan fingerprint density at radius 1 is 0.829 bits per heavy atom. The number of carbonyl (C=O) groups excluding carboxylic acids is 1. The van der Waals surface area contributed by atoms with Gasteiger partial charge >= 0.3 is 5.97 Å². The Morgan fingerprint density at radius 2 is 1.56 bits per heavy atom. The Bertz CT molecular complexity index is 1170. The van der Waals surface area contributed by atoms with E-state index in [9.17, 15) is 4.79 Å². The van der Waals surface area contributed by atoms with Crippen LogP contribution in [0.5, 0.6) is 0 Å². The second-order valence-electron chi connectivity index (χ2n) is 17.2. The lowest BCUT2D eigenvalue weighted by Gasteiger charge is -2.73. The molecule has 0 saturated heterocycles. The lowest BCUT2D eigenvalue weighted by Crippen LogP contribution is -2.66. The second-order valence-corrected chi connectivity index (χ2v) is 17.2. The summed E-state index contributed by atoms with van der Waals surface area (Å²) < 4.78 is 6.33. The van der Waals surface area contributed by atoms with Crippen LogP contribution in [0.2, 0.25) is 0 Å². The summed E-state index contributed by atoms with van der Waals surface area (Å²) in [4.78, 5) is 13.1. The summed E-state index contributed by atoms with van der Waals surface area (Å²) in [6.45, 7) is 22.5. The number of allylic oxidation sites excluding steroid dienone is 1. The molecule has 2 nitrogen and oxygen atoms in total. The third-order valence-electron chi connectivity index (χ3n) is 15.2. The first kappa shape index (κ1) is 29.5. The fourth-order valence-electron chi connectivity index (χ4n) is 12.8. The Kier molecular flexibility index (Phi) is 7.18. The molecule has 6 rings (SSSR count). The molecule has 10 atom stereocenters. The Labute approximate surface area is 251 Å². The van der Waals surface area contributed by atoms with Crippen LogP contribution in [0.15, 0.2) is 42.5 Å². The molecule has 0 bridgehead atoms. The van der Waals surface area contributed by atoms with Gasteiger partial charge < -0.3 is 4.74 Å². The minimum absolute atomic E-state index is 0.0100. The van der Waals surface area contributed by atoms with Gasteiger partial charge in [-0.05, 0) is 134 Å². The molecule has 226 valence electrons. The number of carbonyl (C=O) groups is 1. The number of hydrogen-bond donors (Lipinski definition) is 0. The smallest absolute Gasteiger partial charge is 0.306 e. The van der Waals surface area contributed by atoms with E-state index in [4.69, 9.17) is 4.74 Å². The van der Waals surface area contributed by atoms with Crippen molar-refractivity contribution < 1.29 is 9.53 Å². The van der Waals surface area contributed by atoms with Gasteiger partial charge in [-0.25, -0.2) is 0 Å². The minimum atomic E-state index is -0.0157. The summed E-state index contributed by atoms with van der Waals surface area (Å²) in [6, 6.07) is 10.3. The monoisotopic (exact) mass is 558 g/mol. The summed E-state index contributed by atoms with van der Waals surface area (Å²) in [5, 5.41) is 0. The normalized spacial score (nSPS) is 46.4. The highest BCUT2D eigenvalue weighted by Crippen LogP contribution is 2.77. The van der Waals surface area contributed by atoms with Crippen LogP contribution in [0.3, 0.4) is 0 Å². The lowest BCUT2D eigenvalue weighted by atomic mass is 9.32. The van der Waals surface area contributed by atoms with Crippen molar-refractivity contribution in [2.24, 2.45) is 56.7 Å². The number of hydrogen-bond acceptors (Lipinski definition) is 2. The molecule has 5 aliphatic carbocycles. The zero-order valence-corrected chi connectivity index (χ0v) is 27.4. The van der Waals surface area contributed by atoms with E-state index in [1.807, 2.05) is 6.07 Å². The third kappa shape index (κ3) is 4.34. The van der Waals surface area contributed by atoms with Gasteiger partial charge in [0, 0.05) is 11.8 Å². The molecular weight excluding hydrogens is 500 g/mol. The van der Waals surface area contributed by atoms with Crippen LogP contribution in [-0.4, -0.2) is 12.1 Å². The number of esters is 1. The average Bonchev–Trinajstić information content (AvgIpc) is 3.28.